The molecule has 6 aromatic carbocycles. The Hall–Kier alpha value is -4.56. The number of benzene rings is 6. The Morgan fingerprint density at radius 2 is 1.09 bits per heavy atom. The van der Waals surface area contributed by atoms with Gasteiger partial charge in [-0.15, -0.1) is 0 Å². The Balaban J connectivity index is 1.60. The third-order valence-corrected chi connectivity index (χ3v) is 7.19. The van der Waals surface area contributed by atoms with Gasteiger partial charge in [-0.2, -0.15) is 0 Å². The van der Waals surface area contributed by atoms with Crippen LogP contribution in [0.4, 0.5) is 0 Å². The van der Waals surface area contributed by atoms with Crippen molar-refractivity contribution in [2.75, 3.05) is 0 Å². The molecule has 1 aliphatic rings. The predicted octanol–water partition coefficient (Wildman–Crippen LogP) is 8.11. The lowest BCUT2D eigenvalue weighted by Gasteiger charge is -2.18. The van der Waals surface area contributed by atoms with Gasteiger partial charge in [-0.3, -0.25) is 0 Å². The molecule has 0 aromatic heterocycles. The molecular weight excluding hydrogens is 428 g/mol. The Labute approximate surface area is 203 Å². The van der Waals surface area contributed by atoms with Gasteiger partial charge in [0.1, 0.15) is 0 Å². The fourth-order valence-corrected chi connectivity index (χ4v) is 5.68. The molecule has 1 aliphatic carbocycles. The van der Waals surface area contributed by atoms with Gasteiger partial charge in [0.2, 0.25) is 0 Å². The molecule has 0 heterocycles. The lowest BCUT2D eigenvalue weighted by atomic mass is 9.86. The normalized spacial score (nSPS) is 12.1. The van der Waals surface area contributed by atoms with Crippen LogP contribution in [0.25, 0.3) is 54.9 Å². The van der Waals surface area contributed by atoms with Crippen molar-refractivity contribution in [3.05, 3.63) is 120 Å². The van der Waals surface area contributed by atoms with Crippen molar-refractivity contribution in [2.24, 2.45) is 0 Å². The van der Waals surface area contributed by atoms with Crippen LogP contribution in [-0.4, -0.2) is 10.2 Å². The summed E-state index contributed by atoms with van der Waals surface area (Å²) in [4.78, 5) is 0. The minimum Gasteiger partial charge on any atom is -0.504 e. The molecule has 0 bridgehead atoms. The predicted molar refractivity (Wildman–Crippen MR) is 143 cm³/mol. The standard InChI is InChI=1S/C33H21O2/c34-29-19-23-18-22-12-7-17-28(26-15-5-10-20-8-1-3-13-24(20)26)30(22)31(23)32(33(29)35)27-16-6-11-21-9-2-4-14-25(21)27/h1-17,34-35H,18H2. The molecule has 7 rings (SSSR count). The van der Waals surface area contributed by atoms with Gasteiger partial charge in [0, 0.05) is 11.6 Å². The van der Waals surface area contributed by atoms with Crippen molar-refractivity contribution >= 4 is 21.5 Å². The quantitative estimate of drug-likeness (QED) is 0.262. The molecule has 2 N–H and O–H groups in total. The topological polar surface area (TPSA) is 40.5 Å². The Bertz CT molecular complexity index is 1790. The van der Waals surface area contributed by atoms with Crippen molar-refractivity contribution in [1.29, 1.82) is 0 Å². The minimum atomic E-state index is -0.203. The van der Waals surface area contributed by atoms with Gasteiger partial charge in [-0.25, -0.2) is 0 Å². The summed E-state index contributed by atoms with van der Waals surface area (Å²) in [5.41, 5.74) is 7.99. The van der Waals surface area contributed by atoms with Crippen LogP contribution in [0.3, 0.4) is 0 Å². The van der Waals surface area contributed by atoms with Gasteiger partial charge in [0.05, 0.1) is 0 Å². The van der Waals surface area contributed by atoms with Crippen LogP contribution in [0.2, 0.25) is 0 Å². The molecule has 2 heteroatoms. The van der Waals surface area contributed by atoms with Gasteiger partial charge >= 0.3 is 0 Å². The molecule has 0 fully saturated rings. The van der Waals surface area contributed by atoms with Crippen LogP contribution in [0.5, 0.6) is 11.5 Å². The Kier molecular flexibility index (Phi) is 4.24. The number of phenolic OH excluding ortho intramolecular Hbond substituents is 2. The summed E-state index contributed by atoms with van der Waals surface area (Å²) in [5.74, 6) is -0.327. The maximum Gasteiger partial charge on any atom is 0.166 e. The number of hydrogen-bond donors (Lipinski definition) is 2. The molecule has 1 radical (unpaired) electrons. The average molecular weight is 450 g/mol. The number of aromatic hydroxyl groups is 2. The van der Waals surface area contributed by atoms with E-state index in [1.807, 2.05) is 24.3 Å². The second kappa shape index (κ2) is 7.48. The minimum absolute atomic E-state index is 0.124. The molecule has 6 aromatic rings. The lowest BCUT2D eigenvalue weighted by molar-refractivity contribution is 0.404. The van der Waals surface area contributed by atoms with Crippen LogP contribution in [-0.2, 0) is 6.42 Å². The molecule has 35 heavy (non-hydrogen) atoms. The van der Waals surface area contributed by atoms with E-state index in [9.17, 15) is 10.2 Å². The highest BCUT2D eigenvalue weighted by atomic mass is 16.3. The fraction of sp³-hybridized carbons (Fsp3) is 0.0303. The van der Waals surface area contributed by atoms with E-state index in [-0.39, 0.29) is 11.5 Å². The molecule has 0 amide bonds. The molecule has 0 saturated heterocycles. The molecule has 0 saturated carbocycles. The van der Waals surface area contributed by atoms with E-state index in [2.05, 4.69) is 84.9 Å². The van der Waals surface area contributed by atoms with Crippen LogP contribution in [0.15, 0.2) is 103 Å². The summed E-state index contributed by atoms with van der Waals surface area (Å²) in [6.07, 6.45) is 0.662. The van der Waals surface area contributed by atoms with E-state index in [0.717, 1.165) is 44.2 Å². The third kappa shape index (κ3) is 2.90. The van der Waals surface area contributed by atoms with Crippen LogP contribution < -0.4 is 0 Å². The van der Waals surface area contributed by atoms with Gasteiger partial charge in [0.25, 0.3) is 0 Å². The molecule has 2 nitrogen and oxygen atoms in total. The van der Waals surface area contributed by atoms with Gasteiger partial charge in [-0.05, 0) is 66.9 Å². The lowest BCUT2D eigenvalue weighted by Crippen LogP contribution is -1.92. The first-order chi connectivity index (χ1) is 17.2. The molecule has 0 spiro atoms. The zero-order valence-corrected chi connectivity index (χ0v) is 18.9. The Morgan fingerprint density at radius 3 is 1.83 bits per heavy atom. The summed E-state index contributed by atoms with van der Waals surface area (Å²) in [6.45, 7) is 0. The first kappa shape index (κ1) is 19.9. The summed E-state index contributed by atoms with van der Waals surface area (Å²) in [5, 5.41) is 26.5. The molecule has 165 valence electrons. The van der Waals surface area contributed by atoms with Crippen molar-refractivity contribution in [1.82, 2.24) is 0 Å². The average Bonchev–Trinajstić information content (AvgIpc) is 3.27. The van der Waals surface area contributed by atoms with Crippen LogP contribution in [0, 0.1) is 6.07 Å². The highest BCUT2D eigenvalue weighted by Gasteiger charge is 2.30. The highest BCUT2D eigenvalue weighted by molar-refractivity contribution is 6.09. The largest absolute Gasteiger partial charge is 0.504 e. The van der Waals surface area contributed by atoms with E-state index in [4.69, 9.17) is 0 Å². The maximum absolute atomic E-state index is 11.3. The van der Waals surface area contributed by atoms with Crippen LogP contribution >= 0.6 is 0 Å². The van der Waals surface area contributed by atoms with Gasteiger partial charge in [-0.1, -0.05) is 103 Å². The van der Waals surface area contributed by atoms with Crippen molar-refractivity contribution < 1.29 is 10.2 Å². The van der Waals surface area contributed by atoms with E-state index < -0.39 is 0 Å². The van der Waals surface area contributed by atoms with E-state index in [0.29, 0.717) is 12.0 Å². The molecular formula is C33H21O2. The summed E-state index contributed by atoms with van der Waals surface area (Å²) in [7, 11) is 0. The van der Waals surface area contributed by atoms with Gasteiger partial charge < -0.3 is 10.2 Å². The van der Waals surface area contributed by atoms with E-state index in [1.165, 1.54) is 16.3 Å². The summed E-state index contributed by atoms with van der Waals surface area (Å²) in [6, 6.07) is 38.6. The third-order valence-electron chi connectivity index (χ3n) is 7.19. The van der Waals surface area contributed by atoms with Crippen molar-refractivity contribution in [3.63, 3.8) is 0 Å². The van der Waals surface area contributed by atoms with Crippen molar-refractivity contribution in [3.8, 4) is 44.9 Å². The zero-order valence-electron chi connectivity index (χ0n) is 18.9. The number of hydrogen-bond acceptors (Lipinski definition) is 2. The second-order valence-corrected chi connectivity index (χ2v) is 9.12. The van der Waals surface area contributed by atoms with Gasteiger partial charge in [0.15, 0.2) is 11.5 Å². The number of fused-ring (bicyclic) bond motifs is 5. The second-order valence-electron chi connectivity index (χ2n) is 9.12. The first-order valence-corrected chi connectivity index (χ1v) is 11.8. The number of rotatable bonds is 2. The highest BCUT2D eigenvalue weighted by Crippen LogP contribution is 2.54. The first-order valence-electron chi connectivity index (χ1n) is 11.8. The smallest absolute Gasteiger partial charge is 0.166 e. The monoisotopic (exact) mass is 449 g/mol. The Morgan fingerprint density at radius 1 is 0.514 bits per heavy atom. The molecule has 0 aliphatic heterocycles. The summed E-state index contributed by atoms with van der Waals surface area (Å²) < 4.78 is 0. The molecule has 0 atom stereocenters. The van der Waals surface area contributed by atoms with Crippen LogP contribution in [0.1, 0.15) is 11.1 Å². The summed E-state index contributed by atoms with van der Waals surface area (Å²) >= 11 is 0. The zero-order chi connectivity index (χ0) is 23.5. The fourth-order valence-electron chi connectivity index (χ4n) is 5.68. The van der Waals surface area contributed by atoms with E-state index >= 15 is 0 Å². The van der Waals surface area contributed by atoms with Crippen molar-refractivity contribution in [2.45, 2.75) is 6.42 Å². The number of phenols is 2. The molecule has 0 unspecified atom stereocenters. The maximum atomic E-state index is 11.3. The SMILES string of the molecule is Oc1[c]c2c(c(-c3cccc4ccccc34)c1O)-c1c(cccc1-c1cccc3ccccc13)C2. The van der Waals surface area contributed by atoms with E-state index in [1.54, 1.807) is 0 Å².